The molecule has 0 saturated carbocycles. The van der Waals surface area contributed by atoms with Crippen LogP contribution in [0.4, 0.5) is 0 Å². The average Bonchev–Trinajstić information content (AvgIpc) is 2.73. The van der Waals surface area contributed by atoms with E-state index in [2.05, 4.69) is 0 Å². The Labute approximate surface area is 107 Å². The maximum absolute atomic E-state index is 12.5. The fourth-order valence-electron chi connectivity index (χ4n) is 2.73. The van der Waals surface area contributed by atoms with Crippen LogP contribution in [0.15, 0.2) is 0 Å². The van der Waals surface area contributed by atoms with Crippen LogP contribution in [0.3, 0.4) is 0 Å². The number of aliphatic carboxylic acids is 1. The van der Waals surface area contributed by atoms with E-state index in [1.807, 2.05) is 0 Å². The van der Waals surface area contributed by atoms with Gasteiger partial charge in [0.05, 0.1) is 5.25 Å². The van der Waals surface area contributed by atoms with Crippen LogP contribution in [-0.2, 0) is 19.6 Å². The summed E-state index contributed by atoms with van der Waals surface area (Å²) >= 11 is 0. The quantitative estimate of drug-likeness (QED) is 0.801. The Kier molecular flexibility index (Phi) is 3.93. The van der Waals surface area contributed by atoms with Crippen molar-refractivity contribution >= 4 is 16.0 Å². The average molecular weight is 277 g/mol. The Hall–Kier alpha value is -0.660. The van der Waals surface area contributed by atoms with Crippen LogP contribution in [0.25, 0.3) is 0 Å². The van der Waals surface area contributed by atoms with Crippen molar-refractivity contribution in [3.8, 4) is 0 Å². The zero-order chi connectivity index (χ0) is 13.3. The Morgan fingerprint density at radius 2 is 1.89 bits per heavy atom. The largest absolute Gasteiger partial charge is 0.480 e. The number of ether oxygens (including phenoxy) is 1. The van der Waals surface area contributed by atoms with Gasteiger partial charge in [-0.1, -0.05) is 6.92 Å². The van der Waals surface area contributed by atoms with Gasteiger partial charge in [-0.2, -0.15) is 4.31 Å². The van der Waals surface area contributed by atoms with Crippen molar-refractivity contribution < 1.29 is 23.1 Å². The van der Waals surface area contributed by atoms with Crippen LogP contribution in [0, 0.1) is 5.92 Å². The third-order valence-corrected chi connectivity index (χ3v) is 6.20. The number of rotatable bonds is 3. The summed E-state index contributed by atoms with van der Waals surface area (Å²) in [5, 5.41) is 8.70. The Morgan fingerprint density at radius 1 is 1.28 bits per heavy atom. The molecule has 0 aromatic carbocycles. The van der Waals surface area contributed by atoms with Gasteiger partial charge in [-0.25, -0.2) is 8.42 Å². The second-order valence-corrected chi connectivity index (χ2v) is 7.18. The third-order valence-electron chi connectivity index (χ3n) is 3.82. The first-order chi connectivity index (χ1) is 8.44. The lowest BCUT2D eigenvalue weighted by Gasteiger charge is -2.29. The van der Waals surface area contributed by atoms with Gasteiger partial charge in [0.1, 0.15) is 6.04 Å². The van der Waals surface area contributed by atoms with E-state index in [0.29, 0.717) is 39.0 Å². The fourth-order valence-corrected chi connectivity index (χ4v) is 4.87. The van der Waals surface area contributed by atoms with Crippen molar-refractivity contribution in [2.45, 2.75) is 37.5 Å². The molecule has 0 aromatic rings. The Bertz CT molecular complexity index is 415. The predicted molar refractivity (Wildman–Crippen MR) is 64.7 cm³/mol. The van der Waals surface area contributed by atoms with Gasteiger partial charge >= 0.3 is 5.97 Å². The second kappa shape index (κ2) is 5.14. The zero-order valence-corrected chi connectivity index (χ0v) is 11.2. The van der Waals surface area contributed by atoms with Gasteiger partial charge in [0, 0.05) is 19.8 Å². The molecule has 0 aliphatic carbocycles. The van der Waals surface area contributed by atoms with Crippen molar-refractivity contribution in [2.75, 3.05) is 19.8 Å². The van der Waals surface area contributed by atoms with Gasteiger partial charge in [0.2, 0.25) is 10.0 Å². The summed E-state index contributed by atoms with van der Waals surface area (Å²) in [6.07, 6.45) is 1.53. The van der Waals surface area contributed by atoms with Crippen molar-refractivity contribution in [1.29, 1.82) is 0 Å². The lowest BCUT2D eigenvalue weighted by Crippen LogP contribution is -2.47. The SMILES string of the molecule is CC1CCN(S(=O)(=O)C2CCOCC2)C1C(=O)O. The minimum absolute atomic E-state index is 0.128. The molecule has 0 bridgehead atoms. The molecule has 2 heterocycles. The van der Waals surface area contributed by atoms with E-state index >= 15 is 0 Å². The normalized spacial score (nSPS) is 31.6. The van der Waals surface area contributed by atoms with E-state index in [0.717, 1.165) is 0 Å². The van der Waals surface area contributed by atoms with E-state index in [1.165, 1.54) is 4.31 Å². The molecule has 2 rings (SSSR count). The summed E-state index contributed by atoms with van der Waals surface area (Å²) in [5.74, 6) is -1.17. The van der Waals surface area contributed by atoms with Gasteiger partial charge < -0.3 is 9.84 Å². The maximum atomic E-state index is 12.5. The van der Waals surface area contributed by atoms with Crippen LogP contribution in [0.1, 0.15) is 26.2 Å². The molecule has 18 heavy (non-hydrogen) atoms. The standard InChI is InChI=1S/C11H19NO5S/c1-8-2-5-12(10(8)11(13)14)18(15,16)9-3-6-17-7-4-9/h8-10H,2-7H2,1H3,(H,13,14). The third kappa shape index (κ3) is 2.39. The van der Waals surface area contributed by atoms with Gasteiger partial charge in [0.25, 0.3) is 0 Å². The number of hydrogen-bond acceptors (Lipinski definition) is 4. The Morgan fingerprint density at radius 3 is 2.44 bits per heavy atom. The van der Waals surface area contributed by atoms with E-state index in [9.17, 15) is 18.3 Å². The maximum Gasteiger partial charge on any atom is 0.322 e. The van der Waals surface area contributed by atoms with Crippen LogP contribution in [-0.4, -0.2) is 54.8 Å². The van der Waals surface area contributed by atoms with E-state index in [4.69, 9.17) is 4.74 Å². The summed E-state index contributed by atoms with van der Waals surface area (Å²) in [4.78, 5) is 11.2. The van der Waals surface area contributed by atoms with Crippen molar-refractivity contribution in [1.82, 2.24) is 4.31 Å². The first-order valence-electron chi connectivity index (χ1n) is 6.26. The van der Waals surface area contributed by atoms with Gasteiger partial charge in [-0.05, 0) is 25.2 Å². The van der Waals surface area contributed by atoms with Crippen molar-refractivity contribution in [3.63, 3.8) is 0 Å². The molecule has 104 valence electrons. The summed E-state index contributed by atoms with van der Waals surface area (Å²) in [7, 11) is -3.52. The molecule has 0 spiro atoms. The molecule has 6 nitrogen and oxygen atoms in total. The highest BCUT2D eigenvalue weighted by molar-refractivity contribution is 7.89. The molecule has 0 amide bonds. The number of carboxylic acid groups (broad SMARTS) is 1. The molecular formula is C11H19NO5S. The molecule has 2 atom stereocenters. The number of carbonyl (C=O) groups is 1. The van der Waals surface area contributed by atoms with Crippen LogP contribution in [0.2, 0.25) is 0 Å². The summed E-state index contributed by atoms with van der Waals surface area (Å²) in [6.45, 7) is 2.98. The number of hydrogen-bond donors (Lipinski definition) is 1. The molecule has 2 saturated heterocycles. The molecule has 2 unspecified atom stereocenters. The number of sulfonamides is 1. The summed E-state index contributed by atoms with van der Waals surface area (Å²) < 4.78 is 31.3. The fraction of sp³-hybridized carbons (Fsp3) is 0.909. The minimum Gasteiger partial charge on any atom is -0.480 e. The van der Waals surface area contributed by atoms with Gasteiger partial charge in [0.15, 0.2) is 0 Å². The van der Waals surface area contributed by atoms with E-state index in [1.54, 1.807) is 6.92 Å². The molecular weight excluding hydrogens is 258 g/mol. The van der Waals surface area contributed by atoms with Crippen LogP contribution in [0.5, 0.6) is 0 Å². The Balaban J connectivity index is 2.21. The van der Waals surface area contributed by atoms with Gasteiger partial charge in [-0.3, -0.25) is 4.79 Å². The lowest BCUT2D eigenvalue weighted by molar-refractivity contribution is -0.141. The molecule has 0 aromatic heterocycles. The number of carboxylic acids is 1. The molecule has 2 aliphatic rings. The predicted octanol–water partition coefficient (Wildman–Crippen LogP) is 0.290. The summed E-state index contributed by atoms with van der Waals surface area (Å²) in [6, 6.07) is -0.905. The molecule has 0 radical (unpaired) electrons. The smallest absolute Gasteiger partial charge is 0.322 e. The van der Waals surface area contributed by atoms with E-state index in [-0.39, 0.29) is 5.92 Å². The minimum atomic E-state index is -3.52. The highest BCUT2D eigenvalue weighted by atomic mass is 32.2. The molecule has 2 fully saturated rings. The zero-order valence-electron chi connectivity index (χ0n) is 10.4. The summed E-state index contributed by atoms with van der Waals surface area (Å²) in [5.41, 5.74) is 0. The lowest BCUT2D eigenvalue weighted by atomic mass is 10.0. The van der Waals surface area contributed by atoms with Crippen LogP contribution < -0.4 is 0 Å². The molecule has 1 N–H and O–H groups in total. The van der Waals surface area contributed by atoms with Crippen LogP contribution >= 0.6 is 0 Å². The molecule has 2 aliphatic heterocycles. The van der Waals surface area contributed by atoms with Gasteiger partial charge in [-0.15, -0.1) is 0 Å². The highest BCUT2D eigenvalue weighted by Gasteiger charge is 2.46. The van der Waals surface area contributed by atoms with Crippen molar-refractivity contribution in [3.05, 3.63) is 0 Å². The first-order valence-corrected chi connectivity index (χ1v) is 7.76. The topological polar surface area (TPSA) is 83.9 Å². The van der Waals surface area contributed by atoms with Crippen molar-refractivity contribution in [2.24, 2.45) is 5.92 Å². The monoisotopic (exact) mass is 277 g/mol. The first kappa shape index (κ1) is 13.8. The highest BCUT2D eigenvalue weighted by Crippen LogP contribution is 2.31. The molecule has 7 heteroatoms. The van der Waals surface area contributed by atoms with E-state index < -0.39 is 27.3 Å². The number of nitrogens with zero attached hydrogens (tertiary/aromatic N) is 1. The second-order valence-electron chi connectivity index (χ2n) is 5.02.